The number of nitrogens with one attached hydrogen (secondary N) is 1. The number of halogens is 1. The molecule has 1 atom stereocenters. The molecule has 7 nitrogen and oxygen atoms in total. The number of amides is 2. The van der Waals surface area contributed by atoms with Crippen molar-refractivity contribution in [3.05, 3.63) is 100 Å². The third kappa shape index (κ3) is 8.57. The summed E-state index contributed by atoms with van der Waals surface area (Å²) in [5.41, 5.74) is 3.83. The number of rotatable bonds is 11. The zero-order valence-electron chi connectivity index (χ0n) is 23.8. The molecule has 1 fully saturated rings. The van der Waals surface area contributed by atoms with Crippen LogP contribution in [0.3, 0.4) is 0 Å². The van der Waals surface area contributed by atoms with Gasteiger partial charge in [0.25, 0.3) is 0 Å². The van der Waals surface area contributed by atoms with E-state index in [1.54, 1.807) is 30.3 Å². The van der Waals surface area contributed by atoms with Gasteiger partial charge in [-0.2, -0.15) is 0 Å². The van der Waals surface area contributed by atoms with Crippen LogP contribution in [0.15, 0.2) is 72.8 Å². The first-order chi connectivity index (χ1) is 19.5. The van der Waals surface area contributed by atoms with Crippen molar-refractivity contribution in [3.63, 3.8) is 0 Å². The van der Waals surface area contributed by atoms with Crippen molar-refractivity contribution in [2.45, 2.75) is 64.6 Å². The van der Waals surface area contributed by atoms with E-state index in [2.05, 4.69) is 5.32 Å². The lowest BCUT2D eigenvalue weighted by molar-refractivity contribution is -0.140. The van der Waals surface area contributed by atoms with E-state index in [0.29, 0.717) is 10.7 Å². The second-order valence-electron chi connectivity index (χ2n) is 11.0. The zero-order chi connectivity index (χ0) is 29.6. The first kappa shape index (κ1) is 30.6. The van der Waals surface area contributed by atoms with E-state index in [-0.39, 0.29) is 24.9 Å². The number of carbonyl (C=O) groups is 2. The highest BCUT2D eigenvalue weighted by Crippen LogP contribution is 2.24. The van der Waals surface area contributed by atoms with Crippen molar-refractivity contribution in [2.24, 2.45) is 0 Å². The van der Waals surface area contributed by atoms with Gasteiger partial charge < -0.3 is 10.2 Å². The lowest BCUT2D eigenvalue weighted by atomic mass is 10.0. The first-order valence-corrected chi connectivity index (χ1v) is 16.2. The molecule has 1 aliphatic rings. The molecule has 0 unspecified atom stereocenters. The summed E-state index contributed by atoms with van der Waals surface area (Å²) in [6, 6.07) is 21.3. The molecule has 1 aliphatic carbocycles. The SMILES string of the molecule is Cc1cc(C)cc(N(CC(=O)N(Cc2cccc(Cl)c2)[C@@H](Cc2ccccc2)C(=O)NC2CCCC2)S(C)(=O)=O)c1. The minimum Gasteiger partial charge on any atom is -0.352 e. The molecule has 1 N–H and O–H groups in total. The molecule has 218 valence electrons. The van der Waals surface area contributed by atoms with Gasteiger partial charge in [-0.15, -0.1) is 0 Å². The van der Waals surface area contributed by atoms with E-state index in [9.17, 15) is 18.0 Å². The van der Waals surface area contributed by atoms with Crippen LogP contribution in [0.4, 0.5) is 5.69 Å². The van der Waals surface area contributed by atoms with Crippen LogP contribution >= 0.6 is 11.6 Å². The van der Waals surface area contributed by atoms with Crippen LogP contribution in [0.2, 0.25) is 5.02 Å². The minimum atomic E-state index is -3.82. The maximum atomic E-state index is 14.2. The third-order valence-corrected chi connectivity index (χ3v) is 8.76. The Balaban J connectivity index is 1.74. The van der Waals surface area contributed by atoms with E-state index < -0.39 is 28.5 Å². The normalized spacial score (nSPS) is 14.4. The van der Waals surface area contributed by atoms with Crippen molar-refractivity contribution in [3.8, 4) is 0 Å². The summed E-state index contributed by atoms with van der Waals surface area (Å²) in [7, 11) is -3.82. The Hall–Kier alpha value is -3.36. The van der Waals surface area contributed by atoms with Crippen LogP contribution in [0.5, 0.6) is 0 Å². The van der Waals surface area contributed by atoms with Crippen molar-refractivity contribution in [2.75, 3.05) is 17.1 Å². The quantitative estimate of drug-likeness (QED) is 0.321. The largest absolute Gasteiger partial charge is 0.352 e. The molecule has 0 saturated heterocycles. The van der Waals surface area contributed by atoms with Crippen LogP contribution in [-0.2, 0) is 32.6 Å². The number of hydrogen-bond acceptors (Lipinski definition) is 4. The number of hydrogen-bond donors (Lipinski definition) is 1. The molecule has 4 rings (SSSR count). The van der Waals surface area contributed by atoms with Gasteiger partial charge in [0.2, 0.25) is 21.8 Å². The summed E-state index contributed by atoms with van der Waals surface area (Å²) < 4.78 is 27.1. The Bertz CT molecular complexity index is 1450. The summed E-state index contributed by atoms with van der Waals surface area (Å²) in [5.74, 6) is -0.717. The van der Waals surface area contributed by atoms with Gasteiger partial charge in [0.15, 0.2) is 0 Å². The lowest BCUT2D eigenvalue weighted by Crippen LogP contribution is -2.54. The highest BCUT2D eigenvalue weighted by Gasteiger charge is 2.34. The number of benzene rings is 3. The maximum absolute atomic E-state index is 14.2. The summed E-state index contributed by atoms with van der Waals surface area (Å²) in [4.78, 5) is 29.6. The number of aryl methyl sites for hydroxylation is 2. The number of nitrogens with zero attached hydrogens (tertiary/aromatic N) is 2. The highest BCUT2D eigenvalue weighted by molar-refractivity contribution is 7.92. The Morgan fingerprint density at radius 1 is 0.927 bits per heavy atom. The van der Waals surface area contributed by atoms with Crippen LogP contribution in [0.1, 0.15) is 47.9 Å². The predicted octanol–water partition coefficient (Wildman–Crippen LogP) is 5.42. The summed E-state index contributed by atoms with van der Waals surface area (Å²) in [6.07, 6.45) is 5.29. The van der Waals surface area contributed by atoms with Gasteiger partial charge in [0.05, 0.1) is 11.9 Å². The molecule has 3 aromatic rings. The smallest absolute Gasteiger partial charge is 0.244 e. The molecule has 0 radical (unpaired) electrons. The molecule has 0 aliphatic heterocycles. The average molecular weight is 596 g/mol. The average Bonchev–Trinajstić information content (AvgIpc) is 3.41. The van der Waals surface area contributed by atoms with E-state index >= 15 is 0 Å². The third-order valence-electron chi connectivity index (χ3n) is 7.39. The van der Waals surface area contributed by atoms with Gasteiger partial charge in [-0.1, -0.05) is 73.0 Å². The molecule has 0 heterocycles. The molecule has 3 aromatic carbocycles. The van der Waals surface area contributed by atoms with Crippen LogP contribution in [0, 0.1) is 13.8 Å². The Morgan fingerprint density at radius 3 is 2.17 bits per heavy atom. The highest BCUT2D eigenvalue weighted by atomic mass is 35.5. The Morgan fingerprint density at radius 2 is 1.56 bits per heavy atom. The second-order valence-corrected chi connectivity index (χ2v) is 13.3. The summed E-state index contributed by atoms with van der Waals surface area (Å²) in [5, 5.41) is 3.68. The monoisotopic (exact) mass is 595 g/mol. The van der Waals surface area contributed by atoms with Gasteiger partial charge in [-0.05, 0) is 73.2 Å². The molecule has 2 amide bonds. The number of sulfonamides is 1. The fourth-order valence-corrected chi connectivity index (χ4v) is 6.51. The molecule has 0 spiro atoms. The van der Waals surface area contributed by atoms with Gasteiger partial charge >= 0.3 is 0 Å². The maximum Gasteiger partial charge on any atom is 0.244 e. The van der Waals surface area contributed by atoms with Crippen molar-refractivity contribution in [1.29, 1.82) is 0 Å². The number of anilines is 1. The molecule has 1 saturated carbocycles. The van der Waals surface area contributed by atoms with Crippen molar-refractivity contribution < 1.29 is 18.0 Å². The van der Waals surface area contributed by atoms with Crippen LogP contribution < -0.4 is 9.62 Å². The van der Waals surface area contributed by atoms with Crippen LogP contribution in [-0.4, -0.2) is 50.0 Å². The Labute approximate surface area is 248 Å². The number of carbonyl (C=O) groups excluding carboxylic acids is 2. The van der Waals surface area contributed by atoms with E-state index in [0.717, 1.165) is 58.5 Å². The summed E-state index contributed by atoms with van der Waals surface area (Å²) in [6.45, 7) is 3.42. The predicted molar refractivity (Wildman–Crippen MR) is 164 cm³/mol. The van der Waals surface area contributed by atoms with Gasteiger partial charge in [-0.3, -0.25) is 13.9 Å². The fraction of sp³-hybridized carbons (Fsp3) is 0.375. The van der Waals surface area contributed by atoms with E-state index in [1.165, 1.54) is 4.90 Å². The zero-order valence-corrected chi connectivity index (χ0v) is 25.4. The van der Waals surface area contributed by atoms with Gasteiger partial charge in [0, 0.05) is 24.0 Å². The second kappa shape index (κ2) is 13.5. The van der Waals surface area contributed by atoms with E-state index in [4.69, 9.17) is 11.6 Å². The topological polar surface area (TPSA) is 86.8 Å². The fourth-order valence-electron chi connectivity index (χ4n) is 5.46. The first-order valence-electron chi connectivity index (χ1n) is 13.9. The van der Waals surface area contributed by atoms with Crippen LogP contribution in [0.25, 0.3) is 0 Å². The van der Waals surface area contributed by atoms with Crippen molar-refractivity contribution >= 4 is 39.1 Å². The molecular weight excluding hydrogens is 558 g/mol. The molecule has 0 bridgehead atoms. The summed E-state index contributed by atoms with van der Waals surface area (Å²) >= 11 is 6.28. The molecule has 9 heteroatoms. The van der Waals surface area contributed by atoms with Gasteiger partial charge in [0.1, 0.15) is 12.6 Å². The lowest BCUT2D eigenvalue weighted by Gasteiger charge is -2.34. The van der Waals surface area contributed by atoms with E-state index in [1.807, 2.05) is 56.3 Å². The van der Waals surface area contributed by atoms with Crippen molar-refractivity contribution in [1.82, 2.24) is 10.2 Å². The van der Waals surface area contributed by atoms with Gasteiger partial charge in [-0.25, -0.2) is 8.42 Å². The standard InChI is InChI=1S/C32H38ClN3O4S/c1-23-16-24(2)18-29(17-23)36(41(3,39)40)22-31(37)35(21-26-12-9-13-27(33)19-26)30(20-25-10-5-4-6-11-25)32(38)34-28-14-7-8-15-28/h4-6,9-13,16-19,28,30H,7-8,14-15,20-22H2,1-3H3,(H,34,38)/t30-/m0/s1. The minimum absolute atomic E-state index is 0.0617. The molecular formula is C32H38ClN3O4S. The Kier molecular flexibility index (Phi) is 10.1. The molecule has 41 heavy (non-hydrogen) atoms. The molecule has 0 aromatic heterocycles.